The van der Waals surface area contributed by atoms with Crippen LogP contribution >= 0.6 is 0 Å². The Morgan fingerprint density at radius 1 is 1.17 bits per heavy atom. The van der Waals surface area contributed by atoms with Gasteiger partial charge in [0.1, 0.15) is 0 Å². The quantitative estimate of drug-likeness (QED) is 0.660. The van der Waals surface area contributed by atoms with Gasteiger partial charge in [-0.15, -0.1) is 0 Å². The second kappa shape index (κ2) is 7.42. The highest BCUT2D eigenvalue weighted by molar-refractivity contribution is 5.83. The molecule has 2 aliphatic rings. The Hall–Kier alpha value is -2.14. The fourth-order valence-electron chi connectivity index (χ4n) is 3.37. The predicted molar refractivity (Wildman–Crippen MR) is 86.4 cm³/mol. The number of hydrogen-bond donors (Lipinski definition) is 2. The summed E-state index contributed by atoms with van der Waals surface area (Å²) >= 11 is 0. The number of nitrogens with two attached hydrogens (primary N) is 1. The number of carbonyl (C=O) groups is 2. The van der Waals surface area contributed by atoms with Crippen LogP contribution in [0.1, 0.15) is 24.9 Å². The first-order chi connectivity index (χ1) is 11.0. The largest absolute Gasteiger partial charge is 0.481 e. The Balaban J connectivity index is 0.000000185. The van der Waals surface area contributed by atoms with E-state index in [-0.39, 0.29) is 17.9 Å². The van der Waals surface area contributed by atoms with Crippen molar-refractivity contribution < 1.29 is 19.4 Å². The number of esters is 1. The van der Waals surface area contributed by atoms with Crippen LogP contribution < -0.4 is 5.73 Å². The monoisotopic (exact) mass is 317 g/mol. The molecule has 5 nitrogen and oxygen atoms in total. The summed E-state index contributed by atoms with van der Waals surface area (Å²) < 4.78 is 4.63. The van der Waals surface area contributed by atoms with Gasteiger partial charge in [-0.1, -0.05) is 42.5 Å². The van der Waals surface area contributed by atoms with E-state index in [4.69, 9.17) is 10.8 Å². The molecule has 2 bridgehead atoms. The highest BCUT2D eigenvalue weighted by Gasteiger charge is 2.52. The van der Waals surface area contributed by atoms with E-state index in [2.05, 4.69) is 4.74 Å². The highest BCUT2D eigenvalue weighted by atomic mass is 16.5. The number of hydrogen-bond acceptors (Lipinski definition) is 4. The molecule has 0 spiro atoms. The van der Waals surface area contributed by atoms with Gasteiger partial charge in [0.05, 0.1) is 18.9 Å². The second-order valence-corrected chi connectivity index (χ2v) is 6.06. The van der Waals surface area contributed by atoms with Crippen LogP contribution in [0.4, 0.5) is 0 Å². The molecule has 3 rings (SSSR count). The molecule has 0 aromatic heterocycles. The number of methoxy groups -OCH3 is 1. The van der Waals surface area contributed by atoms with Crippen molar-refractivity contribution in [2.45, 2.75) is 19.4 Å². The van der Waals surface area contributed by atoms with Gasteiger partial charge in [0.25, 0.3) is 0 Å². The molecular formula is C18H23NO4. The lowest BCUT2D eigenvalue weighted by Crippen LogP contribution is -2.33. The summed E-state index contributed by atoms with van der Waals surface area (Å²) in [7, 11) is 1.30. The number of rotatable bonds is 3. The molecule has 0 heterocycles. The van der Waals surface area contributed by atoms with Gasteiger partial charge < -0.3 is 15.6 Å². The fraction of sp³-hybridized carbons (Fsp3) is 0.444. The minimum Gasteiger partial charge on any atom is -0.481 e. The molecule has 5 atom stereocenters. The van der Waals surface area contributed by atoms with E-state index in [0.717, 1.165) is 6.42 Å². The third kappa shape index (κ3) is 3.79. The Morgan fingerprint density at radius 2 is 1.74 bits per heavy atom. The maximum atomic E-state index is 11.4. The molecule has 23 heavy (non-hydrogen) atoms. The van der Waals surface area contributed by atoms with Crippen molar-refractivity contribution in [2.75, 3.05) is 7.11 Å². The Bertz CT molecular complexity index is 582. The van der Waals surface area contributed by atoms with E-state index >= 15 is 0 Å². The Morgan fingerprint density at radius 3 is 2.17 bits per heavy atom. The third-order valence-corrected chi connectivity index (χ3v) is 4.54. The van der Waals surface area contributed by atoms with Gasteiger partial charge >= 0.3 is 11.9 Å². The van der Waals surface area contributed by atoms with E-state index < -0.39 is 23.8 Å². The van der Waals surface area contributed by atoms with E-state index in [1.807, 2.05) is 49.4 Å². The Labute approximate surface area is 136 Å². The van der Waals surface area contributed by atoms with Gasteiger partial charge in [-0.25, -0.2) is 0 Å². The molecule has 2 unspecified atom stereocenters. The minimum absolute atomic E-state index is 0.0154. The molecule has 3 N–H and O–H groups in total. The zero-order valence-corrected chi connectivity index (χ0v) is 13.4. The van der Waals surface area contributed by atoms with Crippen molar-refractivity contribution in [3.8, 4) is 0 Å². The topological polar surface area (TPSA) is 89.6 Å². The average molecular weight is 317 g/mol. The second-order valence-electron chi connectivity index (χ2n) is 6.06. The number of carboxylic acids is 1. The van der Waals surface area contributed by atoms with Crippen LogP contribution in [-0.4, -0.2) is 24.2 Å². The molecule has 0 aliphatic heterocycles. The first-order valence-electron chi connectivity index (χ1n) is 7.75. The van der Waals surface area contributed by atoms with Gasteiger partial charge in [-0.2, -0.15) is 0 Å². The van der Waals surface area contributed by atoms with Crippen molar-refractivity contribution in [1.82, 2.24) is 0 Å². The molecule has 2 aliphatic carbocycles. The lowest BCUT2D eigenvalue weighted by atomic mass is 9.83. The Kier molecular flexibility index (Phi) is 5.55. The minimum atomic E-state index is -0.891. The van der Waals surface area contributed by atoms with Crippen molar-refractivity contribution in [3.63, 3.8) is 0 Å². The molecular weight excluding hydrogens is 294 g/mol. The SMILES string of the molecule is COC(=O)[C@@H]1C2C=CC(C2)[C@H]1C(=O)O.C[C@@H](N)c1ccccc1. The molecule has 1 fully saturated rings. The summed E-state index contributed by atoms with van der Waals surface area (Å²) in [6, 6.07) is 10.2. The van der Waals surface area contributed by atoms with Crippen molar-refractivity contribution in [2.24, 2.45) is 29.4 Å². The number of carbonyl (C=O) groups excluding carboxylic acids is 1. The summed E-state index contributed by atoms with van der Waals surface area (Å²) in [4.78, 5) is 22.4. The van der Waals surface area contributed by atoms with Gasteiger partial charge in [-0.05, 0) is 30.7 Å². The van der Waals surface area contributed by atoms with Crippen LogP contribution in [0.15, 0.2) is 42.5 Å². The average Bonchev–Trinajstić information content (AvgIpc) is 3.16. The third-order valence-electron chi connectivity index (χ3n) is 4.54. The fourth-order valence-corrected chi connectivity index (χ4v) is 3.37. The number of ether oxygens (including phenoxy) is 1. The van der Waals surface area contributed by atoms with Crippen molar-refractivity contribution >= 4 is 11.9 Å². The van der Waals surface area contributed by atoms with E-state index in [1.165, 1.54) is 12.7 Å². The zero-order chi connectivity index (χ0) is 17.0. The number of carboxylic acid groups (broad SMARTS) is 1. The number of aliphatic carboxylic acids is 1. The van der Waals surface area contributed by atoms with Crippen LogP contribution in [0, 0.1) is 23.7 Å². The van der Waals surface area contributed by atoms with Gasteiger partial charge in [0.2, 0.25) is 0 Å². The van der Waals surface area contributed by atoms with Crippen LogP contribution in [-0.2, 0) is 14.3 Å². The smallest absolute Gasteiger partial charge is 0.310 e. The first kappa shape index (κ1) is 17.2. The lowest BCUT2D eigenvalue weighted by Gasteiger charge is -2.21. The van der Waals surface area contributed by atoms with Gasteiger partial charge in [-0.3, -0.25) is 9.59 Å². The van der Waals surface area contributed by atoms with Crippen LogP contribution in [0.5, 0.6) is 0 Å². The molecule has 5 heteroatoms. The maximum absolute atomic E-state index is 11.4. The van der Waals surface area contributed by atoms with Gasteiger partial charge in [0, 0.05) is 6.04 Å². The van der Waals surface area contributed by atoms with Crippen LogP contribution in [0.25, 0.3) is 0 Å². The molecule has 0 saturated heterocycles. The number of fused-ring (bicyclic) bond motifs is 2. The van der Waals surface area contributed by atoms with Crippen molar-refractivity contribution in [3.05, 3.63) is 48.0 Å². The van der Waals surface area contributed by atoms with Crippen molar-refractivity contribution in [1.29, 1.82) is 0 Å². The number of allylic oxidation sites excluding steroid dienone is 2. The summed E-state index contributed by atoms with van der Waals surface area (Å²) in [5.74, 6) is -2.27. The number of benzene rings is 1. The zero-order valence-electron chi connectivity index (χ0n) is 13.4. The summed E-state index contributed by atoms with van der Waals surface area (Å²) in [6.45, 7) is 1.98. The van der Waals surface area contributed by atoms with Gasteiger partial charge in [0.15, 0.2) is 0 Å². The van der Waals surface area contributed by atoms with Crippen LogP contribution in [0.2, 0.25) is 0 Å². The first-order valence-corrected chi connectivity index (χ1v) is 7.75. The van der Waals surface area contributed by atoms with Crippen LogP contribution in [0.3, 0.4) is 0 Å². The van der Waals surface area contributed by atoms with E-state index in [1.54, 1.807) is 0 Å². The molecule has 1 aromatic carbocycles. The predicted octanol–water partition coefficient (Wildman–Crippen LogP) is 2.39. The molecule has 1 aromatic rings. The molecule has 0 radical (unpaired) electrons. The standard InChI is InChI=1S/C10H12O4.C8H11N/c1-14-10(13)8-6-3-2-5(4-6)7(8)9(11)12;1-7(9)8-5-3-2-4-6-8/h2-3,5-8H,4H2,1H3,(H,11,12);2-7H,9H2,1H3/t5?,6?,7-,8-;7-/m11/s1. The lowest BCUT2D eigenvalue weighted by molar-refractivity contribution is -0.156. The maximum Gasteiger partial charge on any atom is 0.310 e. The summed E-state index contributed by atoms with van der Waals surface area (Å²) in [6.07, 6.45) is 4.62. The molecule has 124 valence electrons. The van der Waals surface area contributed by atoms with E-state index in [9.17, 15) is 9.59 Å². The highest BCUT2D eigenvalue weighted by Crippen LogP contribution is 2.48. The molecule has 1 saturated carbocycles. The summed E-state index contributed by atoms with van der Waals surface area (Å²) in [5.41, 5.74) is 6.81. The van der Waals surface area contributed by atoms with E-state index in [0.29, 0.717) is 0 Å². The summed E-state index contributed by atoms with van der Waals surface area (Å²) in [5, 5.41) is 9.01. The normalized spacial score (nSPS) is 28.7. The molecule has 0 amide bonds.